The molecule has 3 nitrogen and oxygen atoms in total. The average Bonchev–Trinajstić information content (AvgIpc) is 2.76. The van der Waals surface area contributed by atoms with Gasteiger partial charge < -0.3 is 16.0 Å². The van der Waals surface area contributed by atoms with Crippen molar-refractivity contribution in [1.82, 2.24) is 5.32 Å². The molecule has 1 aromatic rings. The first-order valence-corrected chi connectivity index (χ1v) is 5.80. The fourth-order valence-corrected chi connectivity index (χ4v) is 2.21. The van der Waals surface area contributed by atoms with E-state index in [0.717, 1.165) is 25.1 Å². The zero-order valence-electron chi connectivity index (χ0n) is 10.1. The van der Waals surface area contributed by atoms with Gasteiger partial charge in [0.05, 0.1) is 16.9 Å². The minimum absolute atomic E-state index is 0.305. The molecule has 1 saturated heterocycles. The highest BCUT2D eigenvalue weighted by atomic mass is 19.4. The summed E-state index contributed by atoms with van der Waals surface area (Å²) in [5, 5.41) is 3.12. The van der Waals surface area contributed by atoms with Crippen LogP contribution >= 0.6 is 0 Å². The van der Waals surface area contributed by atoms with E-state index in [1.165, 1.54) is 6.07 Å². The van der Waals surface area contributed by atoms with Crippen LogP contribution in [0.3, 0.4) is 0 Å². The Morgan fingerprint density at radius 1 is 1.39 bits per heavy atom. The number of halogens is 3. The highest BCUT2D eigenvalue weighted by molar-refractivity contribution is 5.69. The minimum Gasteiger partial charge on any atom is -0.397 e. The van der Waals surface area contributed by atoms with Gasteiger partial charge in [0, 0.05) is 19.1 Å². The van der Waals surface area contributed by atoms with Crippen LogP contribution in [-0.4, -0.2) is 26.2 Å². The van der Waals surface area contributed by atoms with Crippen LogP contribution in [0.4, 0.5) is 24.5 Å². The van der Waals surface area contributed by atoms with Crippen LogP contribution in [0, 0.1) is 0 Å². The van der Waals surface area contributed by atoms with Crippen molar-refractivity contribution < 1.29 is 13.2 Å². The van der Waals surface area contributed by atoms with Gasteiger partial charge in [0.1, 0.15) is 0 Å². The van der Waals surface area contributed by atoms with Crippen LogP contribution in [-0.2, 0) is 6.18 Å². The summed E-state index contributed by atoms with van der Waals surface area (Å²) >= 11 is 0. The second-order valence-corrected chi connectivity index (χ2v) is 4.49. The Morgan fingerprint density at radius 2 is 2.11 bits per heavy atom. The third-order valence-electron chi connectivity index (χ3n) is 3.29. The highest BCUT2D eigenvalue weighted by Crippen LogP contribution is 2.35. The number of nitrogens with zero attached hydrogens (tertiary/aromatic N) is 1. The van der Waals surface area contributed by atoms with Crippen molar-refractivity contribution in [3.8, 4) is 0 Å². The Kier molecular flexibility index (Phi) is 3.38. The maximum Gasteiger partial charge on any atom is 0.416 e. The standard InChI is InChI=1S/C12H16F3N3/c1-17-9-4-5-18(7-9)11-6-8(12(13,14)15)2-3-10(11)16/h2-3,6,9,17H,4-5,7,16H2,1H3. The number of hydrogen-bond donors (Lipinski definition) is 2. The normalized spacial score (nSPS) is 20.4. The Labute approximate surface area is 104 Å². The lowest BCUT2D eigenvalue weighted by molar-refractivity contribution is -0.137. The van der Waals surface area contributed by atoms with Crippen LogP contribution in [0.2, 0.25) is 0 Å². The van der Waals surface area contributed by atoms with E-state index in [9.17, 15) is 13.2 Å². The lowest BCUT2D eigenvalue weighted by Gasteiger charge is -2.22. The van der Waals surface area contributed by atoms with Crippen molar-refractivity contribution in [2.24, 2.45) is 0 Å². The molecular formula is C12H16F3N3. The van der Waals surface area contributed by atoms with Crippen LogP contribution in [0.5, 0.6) is 0 Å². The number of likely N-dealkylation sites (N-methyl/N-ethyl adjacent to an activating group) is 1. The molecule has 1 aliphatic heterocycles. The minimum atomic E-state index is -4.33. The van der Waals surface area contributed by atoms with Crippen LogP contribution in [0.1, 0.15) is 12.0 Å². The third kappa shape index (κ3) is 2.53. The number of nitrogens with one attached hydrogen (secondary N) is 1. The van der Waals surface area contributed by atoms with Gasteiger partial charge in [-0.1, -0.05) is 0 Å². The highest BCUT2D eigenvalue weighted by Gasteiger charge is 2.32. The van der Waals surface area contributed by atoms with Gasteiger partial charge in [-0.15, -0.1) is 0 Å². The number of nitrogens with two attached hydrogens (primary N) is 1. The molecule has 18 heavy (non-hydrogen) atoms. The number of alkyl halides is 3. The van der Waals surface area contributed by atoms with Gasteiger partial charge in [-0.25, -0.2) is 0 Å². The Hall–Kier alpha value is -1.43. The second kappa shape index (κ2) is 4.68. The van der Waals surface area contributed by atoms with E-state index in [2.05, 4.69) is 5.32 Å². The summed E-state index contributed by atoms with van der Waals surface area (Å²) in [5.74, 6) is 0. The van der Waals surface area contributed by atoms with Gasteiger partial charge >= 0.3 is 6.18 Å². The van der Waals surface area contributed by atoms with E-state index in [1.54, 1.807) is 0 Å². The summed E-state index contributed by atoms with van der Waals surface area (Å²) < 4.78 is 38.0. The fourth-order valence-electron chi connectivity index (χ4n) is 2.21. The topological polar surface area (TPSA) is 41.3 Å². The molecule has 1 aliphatic rings. The molecule has 1 atom stereocenters. The molecule has 0 aromatic heterocycles. The van der Waals surface area contributed by atoms with Crippen molar-refractivity contribution in [2.45, 2.75) is 18.6 Å². The summed E-state index contributed by atoms with van der Waals surface area (Å²) in [6.07, 6.45) is -3.42. The summed E-state index contributed by atoms with van der Waals surface area (Å²) in [4.78, 5) is 1.89. The zero-order chi connectivity index (χ0) is 13.3. The van der Waals surface area contributed by atoms with Gasteiger partial charge in [-0.05, 0) is 31.7 Å². The monoisotopic (exact) mass is 259 g/mol. The molecule has 1 fully saturated rings. The average molecular weight is 259 g/mol. The Morgan fingerprint density at radius 3 is 2.67 bits per heavy atom. The molecule has 1 unspecified atom stereocenters. The largest absolute Gasteiger partial charge is 0.416 e. The third-order valence-corrected chi connectivity index (χ3v) is 3.29. The smallest absolute Gasteiger partial charge is 0.397 e. The number of benzene rings is 1. The van der Waals surface area contributed by atoms with Crippen LogP contribution in [0.25, 0.3) is 0 Å². The lowest BCUT2D eigenvalue weighted by Crippen LogP contribution is -2.30. The predicted octanol–water partition coefficient (Wildman–Crippen LogP) is 2.09. The molecule has 0 amide bonds. The molecule has 3 N–H and O–H groups in total. The number of nitrogen functional groups attached to an aromatic ring is 1. The summed E-state index contributed by atoms with van der Waals surface area (Å²) in [6, 6.07) is 3.78. The van der Waals surface area contributed by atoms with Gasteiger partial charge in [0.25, 0.3) is 0 Å². The first-order valence-electron chi connectivity index (χ1n) is 5.80. The quantitative estimate of drug-likeness (QED) is 0.799. The molecule has 0 radical (unpaired) electrons. The van der Waals surface area contributed by atoms with Crippen molar-refractivity contribution in [3.05, 3.63) is 23.8 Å². The van der Waals surface area contributed by atoms with Crippen molar-refractivity contribution in [3.63, 3.8) is 0 Å². The summed E-state index contributed by atoms with van der Waals surface area (Å²) in [5.41, 5.74) is 5.98. The molecule has 1 heterocycles. The Bertz CT molecular complexity index is 431. The van der Waals surface area contributed by atoms with Gasteiger partial charge in [0.2, 0.25) is 0 Å². The molecule has 1 aromatic carbocycles. The lowest BCUT2D eigenvalue weighted by atomic mass is 10.1. The van der Waals surface area contributed by atoms with E-state index < -0.39 is 11.7 Å². The van der Waals surface area contributed by atoms with E-state index in [1.807, 2.05) is 11.9 Å². The van der Waals surface area contributed by atoms with Crippen molar-refractivity contribution in [1.29, 1.82) is 0 Å². The molecule has 100 valence electrons. The molecule has 2 rings (SSSR count). The van der Waals surface area contributed by atoms with E-state index in [0.29, 0.717) is 24.0 Å². The van der Waals surface area contributed by atoms with Gasteiger partial charge in [-0.2, -0.15) is 13.2 Å². The van der Waals surface area contributed by atoms with Gasteiger partial charge in [-0.3, -0.25) is 0 Å². The number of rotatable bonds is 2. The van der Waals surface area contributed by atoms with Crippen molar-refractivity contribution >= 4 is 11.4 Å². The fraction of sp³-hybridized carbons (Fsp3) is 0.500. The molecule has 0 bridgehead atoms. The molecule has 0 saturated carbocycles. The zero-order valence-corrected chi connectivity index (χ0v) is 10.1. The maximum atomic E-state index is 12.7. The van der Waals surface area contributed by atoms with Crippen LogP contribution in [0.15, 0.2) is 18.2 Å². The van der Waals surface area contributed by atoms with E-state index >= 15 is 0 Å². The molecule has 6 heteroatoms. The van der Waals surface area contributed by atoms with E-state index in [4.69, 9.17) is 5.73 Å². The molecular weight excluding hydrogens is 243 g/mol. The predicted molar refractivity (Wildman–Crippen MR) is 65.5 cm³/mol. The first-order chi connectivity index (χ1) is 8.41. The number of hydrogen-bond acceptors (Lipinski definition) is 3. The van der Waals surface area contributed by atoms with Gasteiger partial charge in [0.15, 0.2) is 0 Å². The molecule has 0 aliphatic carbocycles. The second-order valence-electron chi connectivity index (χ2n) is 4.49. The summed E-state index contributed by atoms with van der Waals surface area (Å²) in [6.45, 7) is 1.40. The van der Waals surface area contributed by atoms with Crippen LogP contribution < -0.4 is 16.0 Å². The first kappa shape index (κ1) is 13.0. The maximum absolute atomic E-state index is 12.7. The number of anilines is 2. The van der Waals surface area contributed by atoms with Crippen molar-refractivity contribution in [2.75, 3.05) is 30.8 Å². The van der Waals surface area contributed by atoms with E-state index in [-0.39, 0.29) is 0 Å². The summed E-state index contributed by atoms with van der Waals surface area (Å²) in [7, 11) is 1.85. The SMILES string of the molecule is CNC1CCN(c2cc(C(F)(F)F)ccc2N)C1. The molecule has 0 spiro atoms. The Balaban J connectivity index is 2.27.